The average Bonchev–Trinajstić information content (AvgIpc) is 2.70. The topological polar surface area (TPSA) is 0 Å². The second kappa shape index (κ2) is 7.74. The van der Waals surface area contributed by atoms with E-state index in [2.05, 4.69) is 82.2 Å². The summed E-state index contributed by atoms with van der Waals surface area (Å²) >= 11 is 0. The summed E-state index contributed by atoms with van der Waals surface area (Å²) in [5, 5.41) is 0. The molecule has 0 aromatic rings. The van der Waals surface area contributed by atoms with E-state index in [0.717, 1.165) is 11.8 Å². The Morgan fingerprint density at radius 2 is 1.38 bits per heavy atom. The van der Waals surface area contributed by atoms with Crippen molar-refractivity contribution in [2.45, 2.75) is 127 Å². The first-order valence-corrected chi connectivity index (χ1v) is 14.2. The van der Waals surface area contributed by atoms with Gasteiger partial charge < -0.3 is 0 Å². The molecule has 0 amide bonds. The SMILES string of the molecule is [CH2-]C1=CCC2(C)C(CCC3(C)C2CCC2=C4C(C)(C)C(C)(C)CC[C@]4(C)CCC23C)C1(C)C.[Y]. The molecule has 0 aromatic carbocycles. The van der Waals surface area contributed by atoms with Crippen LogP contribution in [0.3, 0.4) is 0 Å². The van der Waals surface area contributed by atoms with Gasteiger partial charge in [-0.2, -0.15) is 0 Å². The Morgan fingerprint density at radius 1 is 0.765 bits per heavy atom. The van der Waals surface area contributed by atoms with E-state index in [-0.39, 0.29) is 38.1 Å². The second-order valence-corrected chi connectivity index (χ2v) is 16.0. The predicted octanol–water partition coefficient (Wildman–Crippen LogP) is 9.96. The Kier molecular flexibility index (Phi) is 6.26. The van der Waals surface area contributed by atoms with E-state index in [9.17, 15) is 0 Å². The van der Waals surface area contributed by atoms with Gasteiger partial charge in [-0.3, -0.25) is 0 Å². The molecule has 1 heteroatoms. The minimum absolute atomic E-state index is 0. The van der Waals surface area contributed by atoms with Gasteiger partial charge in [-0.05, 0) is 101 Å². The van der Waals surface area contributed by atoms with Gasteiger partial charge in [-0.1, -0.05) is 86.8 Å². The number of rotatable bonds is 0. The largest absolute Gasteiger partial charge is 0.241 e. The standard InChI is InChI=1S/C33H53.Y/c1-22-14-16-31(9)24(28(22,4)5)15-17-33(11)25(31)13-12-23-26-29(6,7)27(2,3)18-19-30(26,8)20-21-32(23,33)10;/h14,24-25H,1,12-13,15-21H2,2-11H3;/q-1;/t24?,25?,30-,31?,32?,33?;/m1./s1. The summed E-state index contributed by atoms with van der Waals surface area (Å²) in [6.07, 6.45) is 14.9. The second-order valence-electron chi connectivity index (χ2n) is 16.0. The van der Waals surface area contributed by atoms with Gasteiger partial charge in [0, 0.05) is 32.7 Å². The average molecular weight is 539 g/mol. The summed E-state index contributed by atoms with van der Waals surface area (Å²) in [5.74, 6) is 1.60. The van der Waals surface area contributed by atoms with E-state index < -0.39 is 0 Å². The molecule has 5 rings (SSSR count). The maximum Gasteiger partial charge on any atom is 0 e. The predicted molar refractivity (Wildman–Crippen MR) is 143 cm³/mol. The molecule has 0 spiro atoms. The van der Waals surface area contributed by atoms with E-state index in [1.807, 2.05) is 11.1 Å². The first kappa shape index (κ1) is 27.5. The third-order valence-corrected chi connectivity index (χ3v) is 14.1. The van der Waals surface area contributed by atoms with Crippen molar-refractivity contribution >= 4 is 0 Å². The van der Waals surface area contributed by atoms with Crippen molar-refractivity contribution in [2.75, 3.05) is 0 Å². The molecule has 0 bridgehead atoms. The van der Waals surface area contributed by atoms with E-state index in [4.69, 9.17) is 0 Å². The van der Waals surface area contributed by atoms with E-state index in [1.165, 1.54) is 63.4 Å². The van der Waals surface area contributed by atoms with Crippen LogP contribution >= 0.6 is 0 Å². The molecule has 0 aliphatic heterocycles. The van der Waals surface area contributed by atoms with E-state index in [0.29, 0.717) is 32.5 Å². The Labute approximate surface area is 237 Å². The van der Waals surface area contributed by atoms with Gasteiger partial charge in [0.15, 0.2) is 0 Å². The van der Waals surface area contributed by atoms with E-state index >= 15 is 0 Å². The van der Waals surface area contributed by atoms with Crippen LogP contribution in [-0.4, -0.2) is 0 Å². The minimum atomic E-state index is 0. The monoisotopic (exact) mass is 538 g/mol. The molecule has 1 radical (unpaired) electrons. The quantitative estimate of drug-likeness (QED) is 0.213. The molecule has 0 saturated heterocycles. The van der Waals surface area contributed by atoms with Gasteiger partial charge in [0.2, 0.25) is 0 Å². The smallest absolute Gasteiger partial charge is 0 e. The minimum Gasteiger partial charge on any atom is -0.241 e. The zero-order valence-electron chi connectivity index (χ0n) is 24.4. The summed E-state index contributed by atoms with van der Waals surface area (Å²) in [5.41, 5.74) is 7.79. The fourth-order valence-corrected chi connectivity index (χ4v) is 10.9. The molecule has 3 saturated carbocycles. The van der Waals surface area contributed by atoms with Gasteiger partial charge in [0.25, 0.3) is 0 Å². The van der Waals surface area contributed by atoms with Crippen LogP contribution in [0.25, 0.3) is 0 Å². The summed E-state index contributed by atoms with van der Waals surface area (Å²) in [4.78, 5) is 0. The molecule has 5 unspecified atom stereocenters. The maximum absolute atomic E-state index is 4.51. The van der Waals surface area contributed by atoms with Crippen molar-refractivity contribution in [1.82, 2.24) is 0 Å². The summed E-state index contributed by atoms with van der Waals surface area (Å²) in [6.45, 7) is 30.6. The van der Waals surface area contributed by atoms with Crippen LogP contribution in [0.2, 0.25) is 0 Å². The molecule has 3 fully saturated rings. The van der Waals surface area contributed by atoms with Gasteiger partial charge in [-0.25, -0.2) is 18.6 Å². The van der Waals surface area contributed by atoms with Gasteiger partial charge >= 0.3 is 0 Å². The molecule has 34 heavy (non-hydrogen) atoms. The van der Waals surface area contributed by atoms with Crippen LogP contribution in [0.1, 0.15) is 127 Å². The fourth-order valence-electron chi connectivity index (χ4n) is 10.9. The maximum atomic E-state index is 4.51. The number of hydrogen-bond donors (Lipinski definition) is 0. The molecule has 5 aliphatic rings. The first-order valence-electron chi connectivity index (χ1n) is 14.2. The van der Waals surface area contributed by atoms with Crippen LogP contribution in [0, 0.1) is 56.7 Å². The zero-order valence-corrected chi connectivity index (χ0v) is 27.2. The Morgan fingerprint density at radius 3 is 2.03 bits per heavy atom. The van der Waals surface area contributed by atoms with Crippen molar-refractivity contribution in [3.63, 3.8) is 0 Å². The third kappa shape index (κ3) is 3.12. The van der Waals surface area contributed by atoms with Gasteiger partial charge in [-0.15, -0.1) is 0 Å². The molecule has 0 nitrogen and oxygen atoms in total. The van der Waals surface area contributed by atoms with Gasteiger partial charge in [0.05, 0.1) is 0 Å². The molecule has 189 valence electrons. The van der Waals surface area contributed by atoms with Crippen LogP contribution in [0.4, 0.5) is 0 Å². The fraction of sp³-hybridized carbons (Fsp3) is 0.848. The Balaban J connectivity index is 0.00000274. The molecule has 6 atom stereocenters. The summed E-state index contributed by atoms with van der Waals surface area (Å²) < 4.78 is 0. The van der Waals surface area contributed by atoms with Crippen LogP contribution < -0.4 is 0 Å². The van der Waals surface area contributed by atoms with Crippen molar-refractivity contribution in [3.05, 3.63) is 29.7 Å². The Hall–Kier alpha value is 0.454. The molecular formula is C33H53Y-. The molecule has 0 aromatic heterocycles. The molecule has 5 aliphatic carbocycles. The van der Waals surface area contributed by atoms with Crippen molar-refractivity contribution < 1.29 is 32.7 Å². The van der Waals surface area contributed by atoms with Crippen LogP contribution in [0.5, 0.6) is 0 Å². The summed E-state index contributed by atoms with van der Waals surface area (Å²) in [7, 11) is 0. The Bertz CT molecular complexity index is 930. The summed E-state index contributed by atoms with van der Waals surface area (Å²) in [6, 6.07) is 0. The van der Waals surface area contributed by atoms with Crippen molar-refractivity contribution in [2.24, 2.45) is 49.7 Å². The molecule has 0 heterocycles. The number of hydrogen-bond acceptors (Lipinski definition) is 0. The van der Waals surface area contributed by atoms with Crippen molar-refractivity contribution in [3.8, 4) is 0 Å². The van der Waals surface area contributed by atoms with Crippen LogP contribution in [0.15, 0.2) is 22.8 Å². The van der Waals surface area contributed by atoms with Gasteiger partial charge in [0.1, 0.15) is 0 Å². The first-order chi connectivity index (χ1) is 15.0. The molecular weight excluding hydrogens is 485 g/mol. The van der Waals surface area contributed by atoms with Crippen molar-refractivity contribution in [1.29, 1.82) is 0 Å². The van der Waals surface area contributed by atoms with E-state index in [1.54, 1.807) is 0 Å². The number of fused-ring (bicyclic) bond motifs is 6. The third-order valence-electron chi connectivity index (χ3n) is 14.1. The normalized spacial score (nSPS) is 48.4. The van der Waals surface area contributed by atoms with Crippen LogP contribution in [-0.2, 0) is 32.7 Å². The zero-order chi connectivity index (χ0) is 24.5. The number of allylic oxidation sites excluding steroid dienone is 4. The molecule has 0 N–H and O–H groups in total.